The van der Waals surface area contributed by atoms with Gasteiger partial charge in [0.15, 0.2) is 0 Å². The molecule has 2 aliphatic carbocycles. The van der Waals surface area contributed by atoms with Gasteiger partial charge in [0.2, 0.25) is 0 Å². The van der Waals surface area contributed by atoms with Crippen LogP contribution in [0.2, 0.25) is 0 Å². The molecule has 2 saturated carbocycles. The molecule has 92 valence electrons. The number of carbonyl (C=O) groups excluding carboxylic acids is 1. The first kappa shape index (κ1) is 12.7. The van der Waals surface area contributed by atoms with Crippen molar-refractivity contribution in [3.63, 3.8) is 0 Å². The molecule has 2 fully saturated rings. The van der Waals surface area contributed by atoms with Crippen molar-refractivity contribution in [1.82, 2.24) is 0 Å². The molecule has 0 heterocycles. The van der Waals surface area contributed by atoms with Crippen molar-refractivity contribution in [2.75, 3.05) is 0 Å². The number of halogens is 2. The van der Waals surface area contributed by atoms with E-state index >= 15 is 0 Å². The molecular formula is C13H20Cl2O. The Morgan fingerprint density at radius 3 is 2.12 bits per heavy atom. The Morgan fingerprint density at radius 2 is 1.50 bits per heavy atom. The van der Waals surface area contributed by atoms with Crippen molar-refractivity contribution >= 4 is 29.0 Å². The molecule has 0 aliphatic heterocycles. The lowest BCUT2D eigenvalue weighted by Crippen LogP contribution is -2.31. The van der Waals surface area contributed by atoms with E-state index in [1.165, 1.54) is 0 Å². The van der Waals surface area contributed by atoms with Crippen LogP contribution in [0.4, 0.5) is 0 Å². The molecule has 2 rings (SSSR count). The highest BCUT2D eigenvalue weighted by molar-refractivity contribution is 6.21. The Balaban J connectivity index is 1.86. The molecular weight excluding hydrogens is 243 g/mol. The fourth-order valence-electron chi connectivity index (χ4n) is 3.06. The van der Waals surface area contributed by atoms with Crippen LogP contribution in [-0.2, 0) is 4.79 Å². The van der Waals surface area contributed by atoms with E-state index in [0.717, 1.165) is 51.4 Å². The SMILES string of the molecule is O=C(C1CCC(Cl)CC1)C1CCCC(Cl)C1. The molecule has 0 aromatic heterocycles. The maximum absolute atomic E-state index is 12.3. The fourth-order valence-corrected chi connectivity index (χ4v) is 3.68. The largest absolute Gasteiger partial charge is 0.299 e. The second kappa shape index (κ2) is 5.73. The van der Waals surface area contributed by atoms with Gasteiger partial charge in [0.25, 0.3) is 0 Å². The van der Waals surface area contributed by atoms with E-state index in [-0.39, 0.29) is 17.2 Å². The Hall–Kier alpha value is 0.250. The van der Waals surface area contributed by atoms with E-state index < -0.39 is 0 Å². The Labute approximate surface area is 108 Å². The molecule has 0 radical (unpaired) electrons. The predicted molar refractivity (Wildman–Crippen MR) is 68.2 cm³/mol. The van der Waals surface area contributed by atoms with Crippen molar-refractivity contribution in [3.05, 3.63) is 0 Å². The standard InChI is InChI=1S/C13H20Cl2O/c14-11-6-4-9(5-7-11)13(16)10-2-1-3-12(15)8-10/h9-12H,1-8H2. The smallest absolute Gasteiger partial charge is 0.139 e. The van der Waals surface area contributed by atoms with Crippen molar-refractivity contribution in [1.29, 1.82) is 0 Å². The van der Waals surface area contributed by atoms with Crippen LogP contribution in [0.5, 0.6) is 0 Å². The van der Waals surface area contributed by atoms with Crippen LogP contribution in [0.3, 0.4) is 0 Å². The summed E-state index contributed by atoms with van der Waals surface area (Å²) in [5.74, 6) is 1.00. The molecule has 2 unspecified atom stereocenters. The second-order valence-electron chi connectivity index (χ2n) is 5.31. The van der Waals surface area contributed by atoms with Crippen molar-refractivity contribution in [2.24, 2.45) is 11.8 Å². The number of rotatable bonds is 2. The number of ketones is 1. The van der Waals surface area contributed by atoms with E-state index in [2.05, 4.69) is 0 Å². The summed E-state index contributed by atoms with van der Waals surface area (Å²) in [7, 11) is 0. The van der Waals surface area contributed by atoms with E-state index in [4.69, 9.17) is 23.2 Å². The lowest BCUT2D eigenvalue weighted by Gasteiger charge is -2.30. The third-order valence-electron chi connectivity index (χ3n) is 4.07. The lowest BCUT2D eigenvalue weighted by molar-refractivity contribution is -0.128. The Bertz CT molecular complexity index is 246. The highest BCUT2D eigenvalue weighted by Crippen LogP contribution is 2.35. The molecule has 0 amide bonds. The average molecular weight is 263 g/mol. The van der Waals surface area contributed by atoms with Crippen LogP contribution in [0.25, 0.3) is 0 Å². The minimum Gasteiger partial charge on any atom is -0.299 e. The first-order valence-corrected chi connectivity index (χ1v) is 7.36. The normalized spacial score (nSPS) is 40.6. The van der Waals surface area contributed by atoms with Gasteiger partial charge in [-0.1, -0.05) is 6.42 Å². The second-order valence-corrected chi connectivity index (χ2v) is 6.55. The molecule has 3 heteroatoms. The zero-order valence-electron chi connectivity index (χ0n) is 9.63. The van der Waals surface area contributed by atoms with Crippen LogP contribution in [-0.4, -0.2) is 16.5 Å². The molecule has 1 nitrogen and oxygen atoms in total. The predicted octanol–water partition coefficient (Wildman–Crippen LogP) is 4.15. The first-order valence-electron chi connectivity index (χ1n) is 6.48. The number of Topliss-reactive ketones (excluding diaryl/α,β-unsaturated/α-hetero) is 1. The van der Waals surface area contributed by atoms with Gasteiger partial charge in [0.05, 0.1) is 0 Å². The van der Waals surface area contributed by atoms with Crippen molar-refractivity contribution < 1.29 is 4.79 Å². The van der Waals surface area contributed by atoms with Gasteiger partial charge in [0, 0.05) is 22.6 Å². The van der Waals surface area contributed by atoms with Crippen LogP contribution in [0.1, 0.15) is 51.4 Å². The van der Waals surface area contributed by atoms with Crippen LogP contribution in [0, 0.1) is 11.8 Å². The average Bonchev–Trinajstić information content (AvgIpc) is 2.29. The first-order chi connectivity index (χ1) is 7.66. The van der Waals surface area contributed by atoms with Crippen molar-refractivity contribution in [3.8, 4) is 0 Å². The van der Waals surface area contributed by atoms with Gasteiger partial charge < -0.3 is 0 Å². The van der Waals surface area contributed by atoms with E-state index in [0.29, 0.717) is 11.2 Å². The molecule has 2 atom stereocenters. The molecule has 0 bridgehead atoms. The van der Waals surface area contributed by atoms with Crippen LogP contribution >= 0.6 is 23.2 Å². The number of alkyl halides is 2. The molecule has 0 aromatic rings. The topological polar surface area (TPSA) is 17.1 Å². The lowest BCUT2D eigenvalue weighted by atomic mass is 9.76. The molecule has 2 aliphatic rings. The fraction of sp³-hybridized carbons (Fsp3) is 0.923. The summed E-state index contributed by atoms with van der Waals surface area (Å²) in [6, 6.07) is 0. The van der Waals surface area contributed by atoms with Gasteiger partial charge in [0.1, 0.15) is 5.78 Å². The zero-order valence-corrected chi connectivity index (χ0v) is 11.1. The molecule has 0 aromatic carbocycles. The summed E-state index contributed by atoms with van der Waals surface area (Å²) in [5, 5.41) is 0.531. The van der Waals surface area contributed by atoms with Gasteiger partial charge in [-0.15, -0.1) is 23.2 Å². The van der Waals surface area contributed by atoms with Gasteiger partial charge in [-0.3, -0.25) is 4.79 Å². The number of hydrogen-bond donors (Lipinski definition) is 0. The molecule has 0 N–H and O–H groups in total. The summed E-state index contributed by atoms with van der Waals surface area (Å²) in [5.41, 5.74) is 0. The quantitative estimate of drug-likeness (QED) is 0.684. The van der Waals surface area contributed by atoms with Crippen LogP contribution < -0.4 is 0 Å². The van der Waals surface area contributed by atoms with Gasteiger partial charge in [-0.2, -0.15) is 0 Å². The highest BCUT2D eigenvalue weighted by Gasteiger charge is 2.32. The monoisotopic (exact) mass is 262 g/mol. The van der Waals surface area contributed by atoms with E-state index in [1.54, 1.807) is 0 Å². The zero-order chi connectivity index (χ0) is 11.5. The summed E-state index contributed by atoms with van der Waals surface area (Å²) in [4.78, 5) is 12.3. The summed E-state index contributed by atoms with van der Waals surface area (Å²) < 4.78 is 0. The van der Waals surface area contributed by atoms with E-state index in [1.807, 2.05) is 0 Å². The minimum absolute atomic E-state index is 0.229. The molecule has 0 saturated heterocycles. The van der Waals surface area contributed by atoms with Gasteiger partial charge >= 0.3 is 0 Å². The highest BCUT2D eigenvalue weighted by atomic mass is 35.5. The maximum atomic E-state index is 12.3. The van der Waals surface area contributed by atoms with Gasteiger partial charge in [-0.05, 0) is 44.9 Å². The van der Waals surface area contributed by atoms with E-state index in [9.17, 15) is 4.79 Å². The maximum Gasteiger partial charge on any atom is 0.139 e. The number of hydrogen-bond acceptors (Lipinski definition) is 1. The molecule has 0 spiro atoms. The van der Waals surface area contributed by atoms with Gasteiger partial charge in [-0.25, -0.2) is 0 Å². The van der Waals surface area contributed by atoms with Crippen LogP contribution in [0.15, 0.2) is 0 Å². The third kappa shape index (κ3) is 3.13. The summed E-state index contributed by atoms with van der Waals surface area (Å²) in [6.45, 7) is 0. The number of carbonyl (C=O) groups is 1. The summed E-state index contributed by atoms with van der Waals surface area (Å²) >= 11 is 12.2. The Kier molecular flexibility index (Phi) is 4.55. The Morgan fingerprint density at radius 1 is 0.812 bits per heavy atom. The third-order valence-corrected chi connectivity index (χ3v) is 4.90. The minimum atomic E-state index is 0.229. The molecule has 16 heavy (non-hydrogen) atoms. The van der Waals surface area contributed by atoms with Crippen molar-refractivity contribution in [2.45, 2.75) is 62.1 Å². The summed E-state index contributed by atoms with van der Waals surface area (Å²) in [6.07, 6.45) is 8.18.